The molecule has 0 saturated carbocycles. The molecule has 0 aliphatic carbocycles. The molecule has 0 bridgehead atoms. The molecule has 6 heteroatoms. The van der Waals surface area contributed by atoms with E-state index in [-0.39, 0.29) is 0 Å². The van der Waals surface area contributed by atoms with Gasteiger partial charge in [-0.25, -0.2) is 9.59 Å². The molecule has 0 fully saturated rings. The Balaban J connectivity index is 3.93. The van der Waals surface area contributed by atoms with Gasteiger partial charge in [-0.15, -0.1) is 0 Å². The molecule has 0 amide bonds. The molecule has 0 atom stereocenters. The van der Waals surface area contributed by atoms with Gasteiger partial charge in [-0.05, 0) is 20.3 Å². The smallest absolute Gasteiger partial charge is 0.344 e. The predicted octanol–water partition coefficient (Wildman–Crippen LogP) is 0.682. The Kier molecular flexibility index (Phi) is 6.23. The van der Waals surface area contributed by atoms with Gasteiger partial charge in [-0.3, -0.25) is 4.79 Å². The van der Waals surface area contributed by atoms with Gasteiger partial charge in [0.25, 0.3) is 0 Å². The predicted molar refractivity (Wildman–Crippen MR) is 58.0 cm³/mol. The number of methoxy groups -OCH3 is 1. The van der Waals surface area contributed by atoms with Crippen molar-refractivity contribution in [2.75, 3.05) is 20.3 Å². The van der Waals surface area contributed by atoms with Crippen molar-refractivity contribution < 1.29 is 28.6 Å². The first-order chi connectivity index (χ1) is 7.83. The zero-order valence-electron chi connectivity index (χ0n) is 10.6. The van der Waals surface area contributed by atoms with Crippen LogP contribution in [0.15, 0.2) is 0 Å². The maximum absolute atomic E-state index is 11.5. The summed E-state index contributed by atoms with van der Waals surface area (Å²) in [6, 6.07) is 0. The largest absolute Gasteiger partial charge is 0.466 e. The van der Waals surface area contributed by atoms with Gasteiger partial charge in [0.2, 0.25) is 0 Å². The van der Waals surface area contributed by atoms with Crippen molar-refractivity contribution in [3.8, 4) is 0 Å². The van der Waals surface area contributed by atoms with E-state index in [0.717, 1.165) is 0 Å². The number of esters is 3. The molecule has 17 heavy (non-hydrogen) atoms. The molecule has 0 aromatic heterocycles. The van der Waals surface area contributed by atoms with Crippen LogP contribution in [0, 0.1) is 5.41 Å². The molecule has 0 aromatic rings. The van der Waals surface area contributed by atoms with Crippen LogP contribution in [-0.4, -0.2) is 38.2 Å². The summed E-state index contributed by atoms with van der Waals surface area (Å²) in [5.74, 6) is -1.93. The van der Waals surface area contributed by atoms with Crippen LogP contribution in [0.4, 0.5) is 0 Å². The van der Waals surface area contributed by atoms with E-state index in [1.807, 2.05) is 6.92 Å². The summed E-state index contributed by atoms with van der Waals surface area (Å²) in [6.07, 6.45) is 0.600. The van der Waals surface area contributed by atoms with Gasteiger partial charge in [-0.1, -0.05) is 6.92 Å². The van der Waals surface area contributed by atoms with Crippen LogP contribution in [0.25, 0.3) is 0 Å². The zero-order valence-corrected chi connectivity index (χ0v) is 10.6. The van der Waals surface area contributed by atoms with Crippen LogP contribution >= 0.6 is 0 Å². The lowest BCUT2D eigenvalue weighted by molar-refractivity contribution is -0.167. The lowest BCUT2D eigenvalue weighted by Gasteiger charge is -2.19. The highest BCUT2D eigenvalue weighted by atomic mass is 16.6. The first-order valence-electron chi connectivity index (χ1n) is 5.23. The van der Waals surface area contributed by atoms with Gasteiger partial charge < -0.3 is 14.2 Å². The second-order valence-electron chi connectivity index (χ2n) is 4.05. The fourth-order valence-electron chi connectivity index (χ4n) is 0.704. The van der Waals surface area contributed by atoms with Gasteiger partial charge >= 0.3 is 17.9 Å². The van der Waals surface area contributed by atoms with Gasteiger partial charge in [0, 0.05) is 0 Å². The molecule has 0 radical (unpaired) electrons. The van der Waals surface area contributed by atoms with Crippen LogP contribution in [0.3, 0.4) is 0 Å². The Hall–Kier alpha value is -1.59. The van der Waals surface area contributed by atoms with Crippen LogP contribution in [0.5, 0.6) is 0 Å². The molecule has 0 N–H and O–H groups in total. The number of ether oxygens (including phenoxy) is 3. The van der Waals surface area contributed by atoms with Crippen molar-refractivity contribution >= 4 is 17.9 Å². The summed E-state index contributed by atoms with van der Waals surface area (Å²) in [7, 11) is 1.18. The first-order valence-corrected chi connectivity index (χ1v) is 5.23. The Bertz CT molecular complexity index is 294. The molecule has 0 aromatic carbocycles. The Labute approximate surface area is 100 Å². The van der Waals surface area contributed by atoms with Crippen LogP contribution in [0.2, 0.25) is 0 Å². The quantitative estimate of drug-likeness (QED) is 0.506. The van der Waals surface area contributed by atoms with Crippen molar-refractivity contribution in [3.05, 3.63) is 0 Å². The van der Waals surface area contributed by atoms with Crippen molar-refractivity contribution in [2.24, 2.45) is 5.41 Å². The number of rotatable bonds is 6. The number of hydrogen-bond acceptors (Lipinski definition) is 6. The van der Waals surface area contributed by atoms with E-state index in [1.54, 1.807) is 13.8 Å². The third-order valence-electron chi connectivity index (χ3n) is 2.34. The maximum Gasteiger partial charge on any atom is 0.344 e. The van der Waals surface area contributed by atoms with Crippen molar-refractivity contribution in [1.29, 1.82) is 0 Å². The number of hydrogen-bond donors (Lipinski definition) is 0. The first kappa shape index (κ1) is 15.4. The van der Waals surface area contributed by atoms with Gasteiger partial charge in [-0.2, -0.15) is 0 Å². The summed E-state index contributed by atoms with van der Waals surface area (Å²) in [5, 5.41) is 0. The average Bonchev–Trinajstić information content (AvgIpc) is 2.32. The SMILES string of the molecule is CCC(C)(C)C(=O)OCC(=O)OCC(=O)OC. The molecule has 0 heterocycles. The molecule has 0 aliphatic heterocycles. The number of carbonyl (C=O) groups is 3. The van der Waals surface area contributed by atoms with Crippen molar-refractivity contribution in [3.63, 3.8) is 0 Å². The van der Waals surface area contributed by atoms with Gasteiger partial charge in [0.1, 0.15) is 0 Å². The Morgan fingerprint density at radius 3 is 2.00 bits per heavy atom. The van der Waals surface area contributed by atoms with Crippen LogP contribution in [-0.2, 0) is 28.6 Å². The molecule has 0 aliphatic rings. The molecular weight excluding hydrogens is 228 g/mol. The van der Waals surface area contributed by atoms with E-state index in [9.17, 15) is 14.4 Å². The summed E-state index contributed by atoms with van der Waals surface area (Å²) >= 11 is 0. The van der Waals surface area contributed by atoms with E-state index in [1.165, 1.54) is 7.11 Å². The highest BCUT2D eigenvalue weighted by Gasteiger charge is 2.27. The number of carbonyl (C=O) groups excluding carboxylic acids is 3. The lowest BCUT2D eigenvalue weighted by Crippen LogP contribution is -2.29. The zero-order chi connectivity index (χ0) is 13.5. The summed E-state index contributed by atoms with van der Waals surface area (Å²) in [6.45, 7) is 4.30. The van der Waals surface area contributed by atoms with E-state index < -0.39 is 36.5 Å². The Morgan fingerprint density at radius 2 is 1.53 bits per heavy atom. The van der Waals surface area contributed by atoms with Crippen LogP contribution < -0.4 is 0 Å². The van der Waals surface area contributed by atoms with E-state index in [0.29, 0.717) is 6.42 Å². The molecular formula is C11H18O6. The molecule has 0 spiro atoms. The monoisotopic (exact) mass is 246 g/mol. The summed E-state index contributed by atoms with van der Waals surface area (Å²) in [5.41, 5.74) is -0.636. The standard InChI is InChI=1S/C11H18O6/c1-5-11(2,3)10(14)17-7-9(13)16-6-8(12)15-4/h5-7H2,1-4H3. The minimum atomic E-state index is -0.782. The third-order valence-corrected chi connectivity index (χ3v) is 2.34. The van der Waals surface area contributed by atoms with E-state index in [4.69, 9.17) is 4.74 Å². The van der Waals surface area contributed by atoms with E-state index in [2.05, 4.69) is 9.47 Å². The molecule has 0 unspecified atom stereocenters. The lowest BCUT2D eigenvalue weighted by atomic mass is 9.91. The highest BCUT2D eigenvalue weighted by Crippen LogP contribution is 2.21. The fraction of sp³-hybridized carbons (Fsp3) is 0.727. The molecule has 0 rings (SSSR count). The normalized spacial score (nSPS) is 10.6. The summed E-state index contributed by atoms with van der Waals surface area (Å²) < 4.78 is 13.5. The topological polar surface area (TPSA) is 78.9 Å². The molecule has 98 valence electrons. The second kappa shape index (κ2) is 6.88. The minimum Gasteiger partial charge on any atom is -0.466 e. The highest BCUT2D eigenvalue weighted by molar-refractivity contribution is 5.81. The molecule has 6 nitrogen and oxygen atoms in total. The third kappa shape index (κ3) is 5.89. The van der Waals surface area contributed by atoms with Gasteiger partial charge in [0.15, 0.2) is 13.2 Å². The average molecular weight is 246 g/mol. The second-order valence-corrected chi connectivity index (χ2v) is 4.05. The van der Waals surface area contributed by atoms with Crippen LogP contribution in [0.1, 0.15) is 27.2 Å². The van der Waals surface area contributed by atoms with Gasteiger partial charge in [0.05, 0.1) is 12.5 Å². The van der Waals surface area contributed by atoms with E-state index >= 15 is 0 Å². The fourth-order valence-corrected chi connectivity index (χ4v) is 0.704. The van der Waals surface area contributed by atoms with Crippen molar-refractivity contribution in [1.82, 2.24) is 0 Å². The minimum absolute atomic E-state index is 0.477. The Morgan fingerprint density at radius 1 is 1.00 bits per heavy atom. The maximum atomic E-state index is 11.5. The summed E-state index contributed by atoms with van der Waals surface area (Å²) in [4.78, 5) is 33.2. The van der Waals surface area contributed by atoms with Crippen molar-refractivity contribution in [2.45, 2.75) is 27.2 Å². The molecule has 0 saturated heterocycles.